The molecule has 0 unspecified atom stereocenters. The number of carbonyl (C=O) groups excluding carboxylic acids is 1. The summed E-state index contributed by atoms with van der Waals surface area (Å²) in [5.41, 5.74) is -1.65. The van der Waals surface area contributed by atoms with Crippen LogP contribution >= 0.6 is 0 Å². The summed E-state index contributed by atoms with van der Waals surface area (Å²) in [5.74, 6) is -0.426. The van der Waals surface area contributed by atoms with Crippen LogP contribution in [0.1, 0.15) is 25.7 Å². The third kappa shape index (κ3) is 1.75. The molecule has 0 aromatic carbocycles. The number of alkyl halides is 1. The second-order valence-electron chi connectivity index (χ2n) is 5.55. The number of fused-ring (bicyclic) bond motifs is 1. The summed E-state index contributed by atoms with van der Waals surface area (Å²) >= 11 is 0. The summed E-state index contributed by atoms with van der Waals surface area (Å²) in [6.07, 6.45) is 3.07. The fraction of sp³-hybridized carbons (Fsp3) is 0.909. The van der Waals surface area contributed by atoms with Crippen LogP contribution in [0, 0.1) is 0 Å². The van der Waals surface area contributed by atoms with Crippen molar-refractivity contribution in [3.05, 3.63) is 0 Å². The van der Waals surface area contributed by atoms with Crippen LogP contribution in [0.5, 0.6) is 0 Å². The molecule has 3 aliphatic rings. The number of hydrogen-bond acceptors (Lipinski definition) is 3. The van der Waals surface area contributed by atoms with E-state index in [4.69, 9.17) is 0 Å². The lowest BCUT2D eigenvalue weighted by Gasteiger charge is -2.25. The molecule has 3 rings (SSSR count). The average Bonchev–Trinajstić information content (AvgIpc) is 2.75. The van der Waals surface area contributed by atoms with E-state index in [-0.39, 0.29) is 12.1 Å². The van der Waals surface area contributed by atoms with Gasteiger partial charge in [0, 0.05) is 25.2 Å². The Morgan fingerprint density at radius 1 is 1.22 bits per heavy atom. The molecule has 0 aromatic heterocycles. The minimum absolute atomic E-state index is 0.125. The fourth-order valence-electron chi connectivity index (χ4n) is 3.19. The van der Waals surface area contributed by atoms with E-state index in [0.29, 0.717) is 38.8 Å². The van der Waals surface area contributed by atoms with E-state index >= 15 is 0 Å². The summed E-state index contributed by atoms with van der Waals surface area (Å²) < 4.78 is 38.5. The van der Waals surface area contributed by atoms with Crippen molar-refractivity contribution in [1.29, 1.82) is 0 Å². The van der Waals surface area contributed by atoms with Gasteiger partial charge in [-0.2, -0.15) is 4.31 Å². The van der Waals surface area contributed by atoms with Crippen molar-refractivity contribution in [2.24, 2.45) is 0 Å². The van der Waals surface area contributed by atoms with Gasteiger partial charge in [-0.15, -0.1) is 0 Å². The SMILES string of the molecule is CS(=O)(=O)N1CC[C@@H]2[C@@H]1CCN2C(=O)C1(F)CC1. The second-order valence-corrected chi connectivity index (χ2v) is 7.48. The Morgan fingerprint density at radius 2 is 1.83 bits per heavy atom. The van der Waals surface area contributed by atoms with E-state index in [1.54, 1.807) is 4.90 Å². The van der Waals surface area contributed by atoms with Crippen LogP contribution in [0.2, 0.25) is 0 Å². The minimum Gasteiger partial charge on any atom is -0.335 e. The smallest absolute Gasteiger partial charge is 0.260 e. The van der Waals surface area contributed by atoms with Crippen molar-refractivity contribution < 1.29 is 17.6 Å². The summed E-state index contributed by atoms with van der Waals surface area (Å²) in [5, 5.41) is 0. The number of halogens is 1. The van der Waals surface area contributed by atoms with Crippen LogP contribution in [0.25, 0.3) is 0 Å². The zero-order valence-electron chi connectivity index (χ0n) is 10.3. The highest BCUT2D eigenvalue weighted by atomic mass is 32.2. The lowest BCUT2D eigenvalue weighted by molar-refractivity contribution is -0.139. The summed E-state index contributed by atoms with van der Waals surface area (Å²) in [6.45, 7) is 0.920. The van der Waals surface area contributed by atoms with Crippen molar-refractivity contribution >= 4 is 15.9 Å². The van der Waals surface area contributed by atoms with Crippen LogP contribution in [-0.2, 0) is 14.8 Å². The fourth-order valence-corrected chi connectivity index (χ4v) is 4.37. The molecule has 5 nitrogen and oxygen atoms in total. The molecule has 0 aromatic rings. The van der Waals surface area contributed by atoms with Crippen LogP contribution in [0.4, 0.5) is 4.39 Å². The number of rotatable bonds is 2. The summed E-state index contributed by atoms with van der Waals surface area (Å²) in [7, 11) is -3.22. The molecule has 3 fully saturated rings. The van der Waals surface area contributed by atoms with E-state index in [9.17, 15) is 17.6 Å². The van der Waals surface area contributed by atoms with Gasteiger partial charge in [-0.1, -0.05) is 0 Å². The Balaban J connectivity index is 1.78. The van der Waals surface area contributed by atoms with Gasteiger partial charge < -0.3 is 4.90 Å². The molecule has 18 heavy (non-hydrogen) atoms. The maximum absolute atomic E-state index is 13.8. The first-order chi connectivity index (χ1) is 8.33. The molecular formula is C11H17FN2O3S. The van der Waals surface area contributed by atoms with E-state index in [2.05, 4.69) is 0 Å². The highest BCUT2D eigenvalue weighted by Gasteiger charge is 2.57. The van der Waals surface area contributed by atoms with E-state index in [0.717, 1.165) is 0 Å². The molecule has 2 aliphatic heterocycles. The lowest BCUT2D eigenvalue weighted by atomic mass is 10.1. The van der Waals surface area contributed by atoms with Gasteiger partial charge in [-0.25, -0.2) is 12.8 Å². The summed E-state index contributed by atoms with van der Waals surface area (Å²) in [4.78, 5) is 13.6. The number of likely N-dealkylation sites (tertiary alicyclic amines) is 1. The molecule has 2 atom stereocenters. The van der Waals surface area contributed by atoms with Crippen molar-refractivity contribution in [2.45, 2.75) is 43.4 Å². The topological polar surface area (TPSA) is 57.7 Å². The molecule has 0 spiro atoms. The Kier molecular flexibility index (Phi) is 2.51. The van der Waals surface area contributed by atoms with Crippen LogP contribution in [0.3, 0.4) is 0 Å². The molecule has 0 N–H and O–H groups in total. The van der Waals surface area contributed by atoms with Crippen molar-refractivity contribution in [2.75, 3.05) is 19.3 Å². The quantitative estimate of drug-likeness (QED) is 0.720. The first-order valence-electron chi connectivity index (χ1n) is 6.30. The highest BCUT2D eigenvalue weighted by Crippen LogP contribution is 2.44. The van der Waals surface area contributed by atoms with Crippen molar-refractivity contribution in [3.63, 3.8) is 0 Å². The van der Waals surface area contributed by atoms with Crippen LogP contribution in [0.15, 0.2) is 0 Å². The van der Waals surface area contributed by atoms with Gasteiger partial charge in [0.15, 0.2) is 5.67 Å². The van der Waals surface area contributed by atoms with Gasteiger partial charge in [0.1, 0.15) is 0 Å². The van der Waals surface area contributed by atoms with Gasteiger partial charge in [-0.3, -0.25) is 4.79 Å². The van der Waals surface area contributed by atoms with Gasteiger partial charge in [0.05, 0.1) is 6.26 Å². The van der Waals surface area contributed by atoms with Crippen LogP contribution in [-0.4, -0.2) is 60.6 Å². The molecule has 0 bridgehead atoms. The predicted molar refractivity (Wildman–Crippen MR) is 63.1 cm³/mol. The number of nitrogens with zero attached hydrogens (tertiary/aromatic N) is 2. The summed E-state index contributed by atoms with van der Waals surface area (Å²) in [6, 6.07) is -0.272. The van der Waals surface area contributed by atoms with Crippen molar-refractivity contribution in [3.8, 4) is 0 Å². The molecule has 1 saturated carbocycles. The Morgan fingerprint density at radius 3 is 2.39 bits per heavy atom. The molecule has 2 heterocycles. The molecule has 1 amide bonds. The number of sulfonamides is 1. The Bertz CT molecular complexity index is 489. The third-order valence-corrected chi connectivity index (χ3v) is 5.59. The molecule has 1 aliphatic carbocycles. The molecule has 0 radical (unpaired) electrons. The van der Waals surface area contributed by atoms with Gasteiger partial charge in [0.2, 0.25) is 10.0 Å². The molecule has 7 heteroatoms. The van der Waals surface area contributed by atoms with E-state index in [1.807, 2.05) is 0 Å². The number of amides is 1. The maximum Gasteiger partial charge on any atom is 0.260 e. The largest absolute Gasteiger partial charge is 0.335 e. The zero-order chi connectivity index (χ0) is 13.1. The second kappa shape index (κ2) is 3.66. The average molecular weight is 276 g/mol. The molecule has 102 valence electrons. The standard InChI is InChI=1S/C11H17FN2O3S/c1-18(16,17)14-7-3-8-9(14)2-6-13(8)10(15)11(12)4-5-11/h8-9H,2-7H2,1H3/t8-,9+/m1/s1. The first-order valence-corrected chi connectivity index (χ1v) is 8.14. The van der Waals surface area contributed by atoms with Gasteiger partial charge >= 0.3 is 0 Å². The normalized spacial score (nSPS) is 34.7. The zero-order valence-corrected chi connectivity index (χ0v) is 11.1. The Labute approximate surface area is 106 Å². The highest BCUT2D eigenvalue weighted by molar-refractivity contribution is 7.88. The first kappa shape index (κ1) is 12.3. The van der Waals surface area contributed by atoms with Crippen LogP contribution < -0.4 is 0 Å². The minimum atomic E-state index is -3.22. The maximum atomic E-state index is 13.8. The lowest BCUT2D eigenvalue weighted by Crippen LogP contribution is -2.44. The molecule has 2 saturated heterocycles. The number of hydrogen-bond donors (Lipinski definition) is 0. The number of carbonyl (C=O) groups is 1. The van der Waals surface area contributed by atoms with Gasteiger partial charge in [-0.05, 0) is 25.7 Å². The monoisotopic (exact) mass is 276 g/mol. The van der Waals surface area contributed by atoms with Gasteiger partial charge in [0.25, 0.3) is 5.91 Å². The van der Waals surface area contributed by atoms with E-state index in [1.165, 1.54) is 10.6 Å². The van der Waals surface area contributed by atoms with E-state index < -0.39 is 21.6 Å². The van der Waals surface area contributed by atoms with Crippen molar-refractivity contribution in [1.82, 2.24) is 9.21 Å². The molecular weight excluding hydrogens is 259 g/mol. The predicted octanol–water partition coefficient (Wildman–Crippen LogP) is 0.123. The third-order valence-electron chi connectivity index (χ3n) is 4.28. The Hall–Kier alpha value is -0.690.